The fraction of sp³-hybridized carbons (Fsp3) is 0.333. The number of rotatable bonds is 7. The zero-order valence-electron chi connectivity index (χ0n) is 16.2. The van der Waals surface area contributed by atoms with Gasteiger partial charge in [-0.15, -0.1) is 10.2 Å². The van der Waals surface area contributed by atoms with Crippen molar-refractivity contribution < 1.29 is 13.5 Å². The maximum Gasteiger partial charge on any atom is 0.299 e. The molecule has 0 saturated heterocycles. The molecule has 29 heavy (non-hydrogen) atoms. The van der Waals surface area contributed by atoms with Crippen LogP contribution in [-0.4, -0.2) is 44.2 Å². The molecule has 0 N–H and O–H groups in total. The van der Waals surface area contributed by atoms with Gasteiger partial charge in [0.25, 0.3) is 6.43 Å². The Bertz CT molecular complexity index is 1050. The number of ether oxygens (including phenoxy) is 1. The van der Waals surface area contributed by atoms with Crippen LogP contribution >= 0.6 is 27.7 Å². The van der Waals surface area contributed by atoms with E-state index < -0.39 is 12.2 Å². The van der Waals surface area contributed by atoms with Crippen molar-refractivity contribution in [3.8, 4) is 5.75 Å². The highest BCUT2D eigenvalue weighted by Crippen LogP contribution is 2.25. The van der Waals surface area contributed by atoms with Crippen molar-refractivity contribution >= 4 is 33.9 Å². The molecule has 0 radical (unpaired) electrons. The highest BCUT2D eigenvalue weighted by atomic mass is 79.9. The maximum absolute atomic E-state index is 13.1. The van der Waals surface area contributed by atoms with Crippen LogP contribution in [-0.2, 0) is 6.54 Å². The van der Waals surface area contributed by atoms with Crippen molar-refractivity contribution in [3.63, 3.8) is 0 Å². The molecule has 0 saturated carbocycles. The highest BCUT2D eigenvalue weighted by molar-refractivity contribution is 9.10. The largest absolute Gasteiger partial charge is 0.496 e. The van der Waals surface area contributed by atoms with Crippen molar-refractivity contribution in [1.82, 2.24) is 24.7 Å². The number of aromatic nitrogens is 5. The third kappa shape index (κ3) is 4.50. The number of halogens is 3. The summed E-state index contributed by atoms with van der Waals surface area (Å²) >= 11 is 4.72. The van der Waals surface area contributed by atoms with Crippen LogP contribution in [0.5, 0.6) is 5.75 Å². The van der Waals surface area contributed by atoms with Gasteiger partial charge in [-0.25, -0.2) is 8.78 Å². The van der Waals surface area contributed by atoms with Gasteiger partial charge < -0.3 is 4.74 Å². The lowest BCUT2D eigenvalue weighted by Gasteiger charge is -2.11. The normalized spacial score (nSPS) is 11.7. The van der Waals surface area contributed by atoms with Gasteiger partial charge in [0.2, 0.25) is 11.0 Å². The van der Waals surface area contributed by atoms with Crippen LogP contribution < -0.4 is 4.74 Å². The third-order valence-corrected chi connectivity index (χ3v) is 6.02. The molecule has 0 spiro atoms. The second-order valence-corrected chi connectivity index (χ2v) is 7.68. The van der Waals surface area contributed by atoms with Crippen LogP contribution in [0.25, 0.3) is 0 Å². The smallest absolute Gasteiger partial charge is 0.299 e. The summed E-state index contributed by atoms with van der Waals surface area (Å²) in [6, 6.07) is 5.50. The summed E-state index contributed by atoms with van der Waals surface area (Å²) in [4.78, 5) is 0. The molecule has 2 aromatic heterocycles. The van der Waals surface area contributed by atoms with E-state index in [2.05, 4.69) is 36.3 Å². The van der Waals surface area contributed by atoms with Crippen molar-refractivity contribution in [1.29, 1.82) is 0 Å². The van der Waals surface area contributed by atoms with Gasteiger partial charge in [-0.3, -0.25) is 4.68 Å². The van der Waals surface area contributed by atoms with E-state index in [0.717, 1.165) is 31.7 Å². The minimum Gasteiger partial charge on any atom is -0.496 e. The monoisotopic (exact) mass is 484 g/mol. The predicted octanol–water partition coefficient (Wildman–Crippen LogP) is 4.45. The summed E-state index contributed by atoms with van der Waals surface area (Å²) in [5, 5.41) is 16.2. The molecular formula is C18H19BrF2N6OS. The topological polar surface area (TPSA) is 70.1 Å². The molecular weight excluding hydrogens is 466 g/mol. The summed E-state index contributed by atoms with van der Waals surface area (Å²) < 4.78 is 35.6. The van der Waals surface area contributed by atoms with Gasteiger partial charge >= 0.3 is 0 Å². The minimum atomic E-state index is -2.77. The first kappa shape index (κ1) is 21.4. The van der Waals surface area contributed by atoms with Crippen LogP contribution in [0.4, 0.5) is 8.78 Å². The number of thioether (sulfide) groups is 1. The van der Waals surface area contributed by atoms with E-state index in [1.165, 1.54) is 18.0 Å². The van der Waals surface area contributed by atoms with E-state index in [1.54, 1.807) is 19.4 Å². The van der Waals surface area contributed by atoms with Crippen molar-refractivity contribution in [2.24, 2.45) is 5.10 Å². The third-order valence-electron chi connectivity index (χ3n) is 4.25. The number of hydrogen-bond acceptors (Lipinski definition) is 6. The molecule has 0 amide bonds. The van der Waals surface area contributed by atoms with Crippen LogP contribution in [0.2, 0.25) is 0 Å². The Labute approximate surface area is 179 Å². The van der Waals surface area contributed by atoms with Crippen LogP contribution in [0.15, 0.2) is 32.9 Å². The summed E-state index contributed by atoms with van der Waals surface area (Å²) in [5.74, 6) is 0.208. The zero-order chi connectivity index (χ0) is 21.1. The average molecular weight is 485 g/mol. The highest BCUT2D eigenvalue weighted by Gasteiger charge is 2.19. The Morgan fingerprint density at radius 1 is 1.31 bits per heavy atom. The number of hydrogen-bond donors (Lipinski definition) is 0. The first-order valence-corrected chi connectivity index (χ1v) is 10.6. The lowest BCUT2D eigenvalue weighted by molar-refractivity contribution is 0.135. The van der Waals surface area contributed by atoms with E-state index in [1.807, 2.05) is 30.7 Å². The fourth-order valence-corrected chi connectivity index (χ4v) is 3.49. The average Bonchev–Trinajstić information content (AvgIpc) is 3.23. The molecule has 0 aliphatic rings. The number of methoxy groups -OCH3 is 1. The molecule has 3 aromatic rings. The Morgan fingerprint density at radius 3 is 2.66 bits per heavy atom. The van der Waals surface area contributed by atoms with Gasteiger partial charge in [-0.2, -0.15) is 14.9 Å². The van der Waals surface area contributed by atoms with Crippen molar-refractivity contribution in [2.45, 2.75) is 32.0 Å². The van der Waals surface area contributed by atoms with Gasteiger partial charge in [0.15, 0.2) is 0 Å². The number of alkyl halides is 2. The van der Waals surface area contributed by atoms with Crippen LogP contribution in [0, 0.1) is 13.8 Å². The van der Waals surface area contributed by atoms with Crippen LogP contribution in [0.1, 0.15) is 34.8 Å². The SMILES string of the molecule is COc1ccc(/C=N/n2c(SC)nnc2C(F)F)cc1Cn1nc(C)c(Br)c1C. The molecule has 1 aromatic carbocycles. The van der Waals surface area contributed by atoms with Gasteiger partial charge in [-0.1, -0.05) is 11.8 Å². The quantitative estimate of drug-likeness (QED) is 0.365. The minimum absolute atomic E-state index is 0.290. The zero-order valence-corrected chi connectivity index (χ0v) is 18.6. The fourth-order valence-electron chi connectivity index (χ4n) is 2.77. The van der Waals surface area contributed by atoms with Gasteiger partial charge in [0.05, 0.1) is 35.7 Å². The van der Waals surface area contributed by atoms with Gasteiger partial charge in [-0.05, 0) is 59.8 Å². The van der Waals surface area contributed by atoms with E-state index in [0.29, 0.717) is 12.3 Å². The molecule has 0 fully saturated rings. The summed E-state index contributed by atoms with van der Waals surface area (Å²) in [5.41, 5.74) is 3.51. The molecule has 3 rings (SSSR count). The Kier molecular flexibility index (Phi) is 6.68. The molecule has 0 aliphatic carbocycles. The van der Waals surface area contributed by atoms with Gasteiger partial charge in [0, 0.05) is 5.56 Å². The Hall–Kier alpha value is -2.27. The molecule has 0 unspecified atom stereocenters. The van der Waals surface area contributed by atoms with E-state index in [9.17, 15) is 8.78 Å². The Morgan fingerprint density at radius 2 is 2.07 bits per heavy atom. The van der Waals surface area contributed by atoms with Gasteiger partial charge in [0.1, 0.15) is 5.75 Å². The van der Waals surface area contributed by atoms with E-state index >= 15 is 0 Å². The second kappa shape index (κ2) is 9.04. The molecule has 11 heteroatoms. The predicted molar refractivity (Wildman–Crippen MR) is 111 cm³/mol. The molecule has 7 nitrogen and oxygen atoms in total. The molecule has 0 bridgehead atoms. The van der Waals surface area contributed by atoms with E-state index in [4.69, 9.17) is 4.74 Å². The van der Waals surface area contributed by atoms with Crippen molar-refractivity contribution in [2.75, 3.05) is 13.4 Å². The lowest BCUT2D eigenvalue weighted by Crippen LogP contribution is -2.06. The number of nitrogens with zero attached hydrogens (tertiary/aromatic N) is 6. The summed E-state index contributed by atoms with van der Waals surface area (Å²) in [7, 11) is 1.60. The number of aryl methyl sites for hydroxylation is 1. The Balaban J connectivity index is 1.94. The first-order chi connectivity index (χ1) is 13.8. The maximum atomic E-state index is 13.1. The van der Waals surface area contributed by atoms with Crippen LogP contribution in [0.3, 0.4) is 0 Å². The van der Waals surface area contributed by atoms with Crippen molar-refractivity contribution in [3.05, 3.63) is 51.0 Å². The summed E-state index contributed by atoms with van der Waals surface area (Å²) in [6.07, 6.45) is 0.453. The lowest BCUT2D eigenvalue weighted by atomic mass is 10.1. The second-order valence-electron chi connectivity index (χ2n) is 6.12. The molecule has 2 heterocycles. The molecule has 0 aliphatic heterocycles. The number of benzene rings is 1. The first-order valence-electron chi connectivity index (χ1n) is 8.54. The molecule has 154 valence electrons. The summed E-state index contributed by atoms with van der Waals surface area (Å²) in [6.45, 7) is 4.40. The van der Waals surface area contributed by atoms with E-state index in [-0.39, 0.29) is 5.16 Å². The molecule has 0 atom stereocenters. The standard InChI is InChI=1S/C18H19BrF2N6OS/c1-10-15(19)11(2)26(25-10)9-13-7-12(5-6-14(13)28-3)8-22-27-17(16(20)21)23-24-18(27)29-4/h5-8,16H,9H2,1-4H3/b22-8+.